The van der Waals surface area contributed by atoms with Crippen LogP contribution in [0.2, 0.25) is 0 Å². The van der Waals surface area contributed by atoms with Crippen LogP contribution >= 0.6 is 15.9 Å². The van der Waals surface area contributed by atoms with E-state index in [1.54, 1.807) is 0 Å². The maximum absolute atomic E-state index is 12.6. The van der Waals surface area contributed by atoms with Gasteiger partial charge < -0.3 is 14.4 Å². The largest absolute Gasteiger partial charge is 0.466 e. The summed E-state index contributed by atoms with van der Waals surface area (Å²) in [5, 5.41) is 0. The molecule has 6 heteroatoms. The molecule has 2 heterocycles. The highest BCUT2D eigenvalue weighted by molar-refractivity contribution is 9.10. The van der Waals surface area contributed by atoms with Crippen molar-refractivity contribution in [3.8, 4) is 0 Å². The molecule has 1 aromatic heterocycles. The van der Waals surface area contributed by atoms with Crippen molar-refractivity contribution in [3.05, 3.63) is 22.8 Å². The molecule has 2 rings (SSSR count). The number of piperidine rings is 1. The smallest absolute Gasteiger partial charge is 0.313 e. The number of hydrogen-bond acceptors (Lipinski definition) is 5. The number of rotatable bonds is 6. The molecule has 0 amide bonds. The number of nitrogens with zero attached hydrogens (tertiary/aromatic N) is 2. The zero-order valence-electron chi connectivity index (χ0n) is 14.0. The number of esters is 1. The first-order chi connectivity index (χ1) is 11.0. The van der Waals surface area contributed by atoms with Crippen molar-refractivity contribution in [1.29, 1.82) is 0 Å². The van der Waals surface area contributed by atoms with E-state index < -0.39 is 5.41 Å². The van der Waals surface area contributed by atoms with E-state index in [0.717, 1.165) is 29.8 Å². The highest BCUT2D eigenvalue weighted by Crippen LogP contribution is 2.39. The predicted molar refractivity (Wildman–Crippen MR) is 93.5 cm³/mol. The summed E-state index contributed by atoms with van der Waals surface area (Å²) < 4.78 is 11.8. The summed E-state index contributed by atoms with van der Waals surface area (Å²) in [5.74, 6) is 0.712. The molecular weight excluding hydrogens is 360 g/mol. The van der Waals surface area contributed by atoms with Gasteiger partial charge in [-0.15, -0.1) is 0 Å². The third kappa shape index (κ3) is 4.04. The number of carbonyl (C=O) groups is 1. The van der Waals surface area contributed by atoms with Crippen molar-refractivity contribution in [2.45, 2.75) is 39.7 Å². The number of carbonyl (C=O) groups excluding carboxylic acids is 1. The minimum atomic E-state index is -0.590. The molecule has 2 atom stereocenters. The van der Waals surface area contributed by atoms with Crippen LogP contribution in [0.3, 0.4) is 0 Å². The van der Waals surface area contributed by atoms with Gasteiger partial charge in [-0.2, -0.15) is 0 Å². The molecule has 0 N–H and O–H groups in total. The second-order valence-electron chi connectivity index (χ2n) is 5.93. The van der Waals surface area contributed by atoms with Crippen molar-refractivity contribution >= 4 is 27.7 Å². The van der Waals surface area contributed by atoms with Crippen LogP contribution in [-0.4, -0.2) is 43.4 Å². The van der Waals surface area contributed by atoms with Crippen molar-refractivity contribution in [1.82, 2.24) is 4.98 Å². The average Bonchev–Trinajstić information content (AvgIpc) is 2.53. The number of halogens is 1. The second kappa shape index (κ2) is 8.11. The second-order valence-corrected chi connectivity index (χ2v) is 6.74. The number of pyridine rings is 1. The Morgan fingerprint density at radius 1 is 1.43 bits per heavy atom. The van der Waals surface area contributed by atoms with Crippen LogP contribution in [0.25, 0.3) is 0 Å². The summed E-state index contributed by atoms with van der Waals surface area (Å²) in [6.07, 6.45) is 1.72. The quantitative estimate of drug-likeness (QED) is 0.555. The van der Waals surface area contributed by atoms with Crippen LogP contribution < -0.4 is 4.90 Å². The molecule has 0 aromatic carbocycles. The zero-order valence-corrected chi connectivity index (χ0v) is 15.6. The topological polar surface area (TPSA) is 51.7 Å². The minimum absolute atomic E-state index is 0.0861. The number of anilines is 1. The van der Waals surface area contributed by atoms with Gasteiger partial charge in [0.2, 0.25) is 0 Å². The third-order valence-electron chi connectivity index (χ3n) is 4.42. The van der Waals surface area contributed by atoms with Gasteiger partial charge in [0, 0.05) is 13.2 Å². The van der Waals surface area contributed by atoms with Gasteiger partial charge in [0.15, 0.2) is 0 Å². The van der Waals surface area contributed by atoms with Crippen molar-refractivity contribution in [2.24, 2.45) is 5.41 Å². The van der Waals surface area contributed by atoms with E-state index in [-0.39, 0.29) is 12.0 Å². The highest BCUT2D eigenvalue weighted by Gasteiger charge is 2.48. The maximum atomic E-state index is 12.6. The van der Waals surface area contributed by atoms with Gasteiger partial charge in [-0.1, -0.05) is 6.07 Å². The Morgan fingerprint density at radius 3 is 2.87 bits per heavy atom. The monoisotopic (exact) mass is 384 g/mol. The number of ether oxygens (including phenoxy) is 2. The Kier molecular flexibility index (Phi) is 6.41. The van der Waals surface area contributed by atoms with Crippen LogP contribution in [-0.2, 0) is 14.3 Å². The molecule has 1 fully saturated rings. The molecule has 0 aliphatic carbocycles. The molecule has 0 unspecified atom stereocenters. The fourth-order valence-corrected chi connectivity index (χ4v) is 3.49. The molecule has 0 spiro atoms. The standard InChI is InChI=1S/C17H25BrN2O3/c1-4-22-12-13-17(3,16(21)23-5-2)10-7-11-20(13)15-9-6-8-14(18)19-15/h6,8-9,13H,4-5,7,10-12H2,1-3H3/t13-,17-/m0/s1. The van der Waals surface area contributed by atoms with Crippen molar-refractivity contribution in [3.63, 3.8) is 0 Å². The van der Waals surface area contributed by atoms with Crippen molar-refractivity contribution in [2.75, 3.05) is 31.3 Å². The van der Waals surface area contributed by atoms with Crippen LogP contribution in [0.15, 0.2) is 22.8 Å². The fourth-order valence-electron chi connectivity index (χ4n) is 3.15. The fraction of sp³-hybridized carbons (Fsp3) is 0.647. The van der Waals surface area contributed by atoms with Gasteiger partial charge in [-0.3, -0.25) is 4.79 Å². The third-order valence-corrected chi connectivity index (χ3v) is 4.86. The molecule has 1 aromatic rings. The van der Waals surface area contributed by atoms with E-state index in [1.807, 2.05) is 39.0 Å². The van der Waals surface area contributed by atoms with Crippen molar-refractivity contribution < 1.29 is 14.3 Å². The minimum Gasteiger partial charge on any atom is -0.466 e. The average molecular weight is 385 g/mol. The first kappa shape index (κ1) is 18.2. The van der Waals surface area contributed by atoms with Gasteiger partial charge >= 0.3 is 5.97 Å². The summed E-state index contributed by atoms with van der Waals surface area (Å²) >= 11 is 3.42. The van der Waals surface area contributed by atoms with Crippen LogP contribution in [0.4, 0.5) is 5.82 Å². The Balaban J connectivity index is 2.34. The predicted octanol–water partition coefficient (Wildman–Crippen LogP) is 3.42. The molecule has 1 aliphatic rings. The Hall–Kier alpha value is -1.14. The summed E-state index contributed by atoms with van der Waals surface area (Å²) in [6, 6.07) is 5.74. The summed E-state index contributed by atoms with van der Waals surface area (Å²) in [4.78, 5) is 19.3. The molecule has 1 aliphatic heterocycles. The van der Waals surface area contributed by atoms with Gasteiger partial charge in [-0.25, -0.2) is 4.98 Å². The molecule has 128 valence electrons. The highest BCUT2D eigenvalue weighted by atomic mass is 79.9. The van der Waals surface area contributed by atoms with Gasteiger partial charge in [0.05, 0.1) is 24.7 Å². The Morgan fingerprint density at radius 2 is 2.22 bits per heavy atom. The molecule has 5 nitrogen and oxygen atoms in total. The van der Waals surface area contributed by atoms with Gasteiger partial charge in [0.1, 0.15) is 10.4 Å². The Bertz CT molecular complexity index is 540. The lowest BCUT2D eigenvalue weighted by Crippen LogP contribution is -2.57. The van der Waals surface area contributed by atoms with Gasteiger partial charge in [-0.05, 0) is 61.7 Å². The number of hydrogen-bond donors (Lipinski definition) is 0. The summed E-state index contributed by atoms with van der Waals surface area (Å²) in [6.45, 7) is 8.15. The normalized spacial score (nSPS) is 24.5. The van der Waals surface area contributed by atoms with E-state index in [4.69, 9.17) is 9.47 Å². The van der Waals surface area contributed by atoms with E-state index >= 15 is 0 Å². The maximum Gasteiger partial charge on any atom is 0.313 e. The lowest BCUT2D eigenvalue weighted by Gasteiger charge is -2.46. The summed E-state index contributed by atoms with van der Waals surface area (Å²) in [5.41, 5.74) is -0.590. The molecule has 0 saturated carbocycles. The lowest BCUT2D eigenvalue weighted by molar-refractivity contribution is -0.158. The van der Waals surface area contributed by atoms with E-state index in [1.165, 1.54) is 0 Å². The molecular formula is C17H25BrN2O3. The molecule has 0 bridgehead atoms. The SMILES string of the molecule is CCOC[C@@H]1N(c2cccc(Br)n2)CCC[C@]1(C)C(=O)OCC. The Labute approximate surface area is 146 Å². The van der Waals surface area contributed by atoms with Gasteiger partial charge in [0.25, 0.3) is 0 Å². The van der Waals surface area contributed by atoms with E-state index in [2.05, 4.69) is 25.8 Å². The zero-order chi connectivity index (χ0) is 16.9. The molecule has 1 saturated heterocycles. The van der Waals surface area contributed by atoms with E-state index in [0.29, 0.717) is 19.8 Å². The summed E-state index contributed by atoms with van der Waals surface area (Å²) in [7, 11) is 0. The number of aromatic nitrogens is 1. The van der Waals surface area contributed by atoms with Crippen LogP contribution in [0.1, 0.15) is 33.6 Å². The van der Waals surface area contributed by atoms with Crippen LogP contribution in [0.5, 0.6) is 0 Å². The first-order valence-electron chi connectivity index (χ1n) is 8.17. The first-order valence-corrected chi connectivity index (χ1v) is 8.96. The van der Waals surface area contributed by atoms with E-state index in [9.17, 15) is 4.79 Å². The van der Waals surface area contributed by atoms with Crippen LogP contribution in [0, 0.1) is 5.41 Å². The lowest BCUT2D eigenvalue weighted by atomic mass is 9.74. The molecule has 0 radical (unpaired) electrons. The molecule has 23 heavy (non-hydrogen) atoms.